The third kappa shape index (κ3) is 5.36. The Morgan fingerprint density at radius 1 is 1.00 bits per heavy atom. The number of rotatable bonds is 6. The lowest BCUT2D eigenvalue weighted by Crippen LogP contribution is -2.42. The summed E-state index contributed by atoms with van der Waals surface area (Å²) in [5.74, 6) is 0.591. The van der Waals surface area contributed by atoms with E-state index in [0.29, 0.717) is 19.4 Å². The molecular formula is C24H26ClFN2O2. The molecule has 0 atom stereocenters. The smallest absolute Gasteiger partial charge is 0.124 e. The number of benzene rings is 2. The van der Waals surface area contributed by atoms with E-state index in [2.05, 4.69) is 16.0 Å². The molecule has 30 heavy (non-hydrogen) atoms. The Morgan fingerprint density at radius 2 is 1.73 bits per heavy atom. The summed E-state index contributed by atoms with van der Waals surface area (Å²) in [7, 11) is 0. The first kappa shape index (κ1) is 22.2. The van der Waals surface area contributed by atoms with Gasteiger partial charge in [0, 0.05) is 43.2 Å². The summed E-state index contributed by atoms with van der Waals surface area (Å²) in [4.78, 5) is 6.45. The minimum absolute atomic E-state index is 0. The second-order valence-corrected chi connectivity index (χ2v) is 7.57. The number of hydrogen-bond acceptors (Lipinski definition) is 4. The van der Waals surface area contributed by atoms with Crippen molar-refractivity contribution in [3.63, 3.8) is 0 Å². The molecule has 0 aliphatic carbocycles. The minimum Gasteiger partial charge on any atom is -0.489 e. The molecule has 4 nitrogen and oxygen atoms in total. The first-order chi connectivity index (χ1) is 14.1. The monoisotopic (exact) mass is 428 g/mol. The third-order valence-corrected chi connectivity index (χ3v) is 5.55. The maximum atomic E-state index is 13.2. The summed E-state index contributed by atoms with van der Waals surface area (Å²) in [6, 6.07) is 18.2. The number of halogens is 2. The molecule has 1 N–H and O–H groups in total. The van der Waals surface area contributed by atoms with Crippen LogP contribution >= 0.6 is 12.4 Å². The first-order valence-electron chi connectivity index (χ1n) is 9.93. The van der Waals surface area contributed by atoms with Gasteiger partial charge in [0.15, 0.2) is 0 Å². The molecule has 0 bridgehead atoms. The Hall–Kier alpha value is -2.47. The van der Waals surface area contributed by atoms with Crippen LogP contribution in [0, 0.1) is 5.82 Å². The zero-order valence-electron chi connectivity index (χ0n) is 16.7. The van der Waals surface area contributed by atoms with E-state index >= 15 is 0 Å². The molecule has 1 saturated heterocycles. The molecule has 6 heteroatoms. The zero-order valence-corrected chi connectivity index (χ0v) is 17.5. The van der Waals surface area contributed by atoms with E-state index in [9.17, 15) is 9.50 Å². The predicted octanol–water partition coefficient (Wildman–Crippen LogP) is 4.71. The molecule has 1 aliphatic rings. The second-order valence-electron chi connectivity index (χ2n) is 7.57. The van der Waals surface area contributed by atoms with Crippen LogP contribution in [0.3, 0.4) is 0 Å². The summed E-state index contributed by atoms with van der Waals surface area (Å²) in [6.45, 7) is 2.79. The average molecular weight is 429 g/mol. The summed E-state index contributed by atoms with van der Waals surface area (Å²) in [6.07, 6.45) is 4.80. The van der Waals surface area contributed by atoms with Crippen molar-refractivity contribution >= 4 is 12.4 Å². The number of pyridine rings is 1. The highest BCUT2D eigenvalue weighted by atomic mass is 35.5. The lowest BCUT2D eigenvalue weighted by atomic mass is 9.84. The lowest BCUT2D eigenvalue weighted by molar-refractivity contribution is -0.0279. The molecule has 0 amide bonds. The molecule has 0 saturated carbocycles. The maximum absolute atomic E-state index is 13.2. The molecule has 4 rings (SSSR count). The summed E-state index contributed by atoms with van der Waals surface area (Å²) in [5.41, 5.74) is 2.06. The van der Waals surface area contributed by atoms with Crippen LogP contribution < -0.4 is 4.74 Å². The van der Waals surface area contributed by atoms with Crippen molar-refractivity contribution in [2.45, 2.75) is 31.6 Å². The second kappa shape index (κ2) is 10.0. The van der Waals surface area contributed by atoms with Gasteiger partial charge in [0.2, 0.25) is 0 Å². The summed E-state index contributed by atoms with van der Waals surface area (Å²) < 4.78 is 19.2. The lowest BCUT2D eigenvalue weighted by Gasteiger charge is -2.38. The standard InChI is InChI=1S/C24H25FN2O2.ClH/c25-22-9-7-21(8-10-22)24(28)11-14-27(15-12-24)17-20-5-1-2-6-23(20)29-18-19-4-3-13-26-16-19;/h1-10,13,16,28H,11-12,14-15,17-18H2;1H. The Bertz CT molecular complexity index is 929. The van der Waals surface area contributed by atoms with Gasteiger partial charge >= 0.3 is 0 Å². The fourth-order valence-electron chi connectivity index (χ4n) is 3.79. The molecule has 3 aromatic rings. The molecule has 0 spiro atoms. The number of hydrogen-bond donors (Lipinski definition) is 1. The van der Waals surface area contributed by atoms with Crippen LogP contribution in [-0.4, -0.2) is 28.1 Å². The van der Waals surface area contributed by atoms with E-state index in [-0.39, 0.29) is 18.2 Å². The largest absolute Gasteiger partial charge is 0.489 e. The number of para-hydroxylation sites is 1. The van der Waals surface area contributed by atoms with Crippen molar-refractivity contribution in [3.8, 4) is 5.75 Å². The fraction of sp³-hybridized carbons (Fsp3) is 0.292. The fourth-order valence-corrected chi connectivity index (χ4v) is 3.79. The molecule has 1 aromatic heterocycles. The van der Waals surface area contributed by atoms with Crippen molar-refractivity contribution in [1.29, 1.82) is 0 Å². The average Bonchev–Trinajstić information content (AvgIpc) is 2.76. The number of piperidine rings is 1. The topological polar surface area (TPSA) is 45.6 Å². The molecule has 0 radical (unpaired) electrons. The van der Waals surface area contributed by atoms with Gasteiger partial charge in [-0.25, -0.2) is 4.39 Å². The van der Waals surface area contributed by atoms with E-state index in [1.165, 1.54) is 12.1 Å². The van der Waals surface area contributed by atoms with Gasteiger partial charge < -0.3 is 9.84 Å². The van der Waals surface area contributed by atoms with Crippen LogP contribution in [0.4, 0.5) is 4.39 Å². The molecular weight excluding hydrogens is 403 g/mol. The van der Waals surface area contributed by atoms with Crippen molar-refractivity contribution in [1.82, 2.24) is 9.88 Å². The molecule has 1 aliphatic heterocycles. The van der Waals surface area contributed by atoms with Gasteiger partial charge in [0.05, 0.1) is 5.60 Å². The van der Waals surface area contributed by atoms with Gasteiger partial charge in [-0.05, 0) is 42.7 Å². The summed E-state index contributed by atoms with van der Waals surface area (Å²) in [5, 5.41) is 11.0. The Balaban J connectivity index is 0.00000256. The quantitative estimate of drug-likeness (QED) is 0.617. The molecule has 158 valence electrons. The molecule has 0 unspecified atom stereocenters. The zero-order chi connectivity index (χ0) is 20.1. The summed E-state index contributed by atoms with van der Waals surface area (Å²) >= 11 is 0. The van der Waals surface area contributed by atoms with Crippen LogP contribution in [0.1, 0.15) is 29.5 Å². The predicted molar refractivity (Wildman–Crippen MR) is 117 cm³/mol. The molecule has 1 fully saturated rings. The van der Waals surface area contributed by atoms with Crippen molar-refractivity contribution in [2.75, 3.05) is 13.1 Å². The number of aromatic nitrogens is 1. The first-order valence-corrected chi connectivity index (χ1v) is 9.93. The van der Waals surface area contributed by atoms with Crippen molar-refractivity contribution in [2.24, 2.45) is 0 Å². The van der Waals surface area contributed by atoms with Crippen LogP contribution in [0.2, 0.25) is 0 Å². The Kier molecular flexibility index (Phi) is 7.43. The molecule has 2 aromatic carbocycles. The Labute approximate surface area is 182 Å². The highest BCUT2D eigenvalue weighted by Crippen LogP contribution is 2.34. The maximum Gasteiger partial charge on any atom is 0.124 e. The van der Waals surface area contributed by atoms with Gasteiger partial charge in [0.1, 0.15) is 18.2 Å². The van der Waals surface area contributed by atoms with Gasteiger partial charge in [-0.15, -0.1) is 12.4 Å². The number of likely N-dealkylation sites (tertiary alicyclic amines) is 1. The van der Waals surface area contributed by atoms with E-state index < -0.39 is 5.60 Å². The van der Waals surface area contributed by atoms with Gasteiger partial charge in [0.25, 0.3) is 0 Å². The van der Waals surface area contributed by atoms with Crippen molar-refractivity contribution < 1.29 is 14.2 Å². The van der Waals surface area contributed by atoms with Crippen molar-refractivity contribution in [3.05, 3.63) is 95.6 Å². The highest BCUT2D eigenvalue weighted by Gasteiger charge is 2.34. The molecule has 2 heterocycles. The van der Waals surface area contributed by atoms with E-state index in [4.69, 9.17) is 4.74 Å². The van der Waals surface area contributed by atoms with Gasteiger partial charge in [-0.1, -0.05) is 36.4 Å². The third-order valence-electron chi connectivity index (χ3n) is 5.55. The number of ether oxygens (including phenoxy) is 1. The number of nitrogens with zero attached hydrogens (tertiary/aromatic N) is 2. The van der Waals surface area contributed by atoms with Gasteiger partial charge in [-0.3, -0.25) is 9.88 Å². The highest BCUT2D eigenvalue weighted by molar-refractivity contribution is 5.85. The van der Waals surface area contributed by atoms with Crippen LogP contribution in [0.15, 0.2) is 73.1 Å². The van der Waals surface area contributed by atoms with E-state index in [1.54, 1.807) is 18.3 Å². The Morgan fingerprint density at radius 3 is 2.43 bits per heavy atom. The van der Waals surface area contributed by atoms with Crippen LogP contribution in [0.25, 0.3) is 0 Å². The van der Waals surface area contributed by atoms with Crippen LogP contribution in [-0.2, 0) is 18.8 Å². The normalized spacial score (nSPS) is 15.9. The minimum atomic E-state index is -0.888. The van der Waals surface area contributed by atoms with E-state index in [0.717, 1.165) is 42.1 Å². The van der Waals surface area contributed by atoms with Gasteiger partial charge in [-0.2, -0.15) is 0 Å². The SMILES string of the molecule is Cl.OC1(c2ccc(F)cc2)CCN(Cc2ccccc2OCc2cccnc2)CC1. The van der Waals surface area contributed by atoms with Crippen LogP contribution in [0.5, 0.6) is 5.75 Å². The van der Waals surface area contributed by atoms with E-state index in [1.807, 2.05) is 36.5 Å². The number of aliphatic hydroxyl groups is 1.